The standard InChI is InChI=1S/C22H26N4O4/c1-15-7-4-5-12-26(15)20(27)14-25-11-6-8-17(25)22-23-21(24-30-22)16-9-10-18(28-2)19(13-16)29-3/h6,8-11,13,15H,4-5,7,12,14H2,1-3H3. The number of carbonyl (C=O) groups excluding carboxylic acids is 1. The molecule has 30 heavy (non-hydrogen) atoms. The van der Waals surface area contributed by atoms with Gasteiger partial charge in [-0.05, 0) is 56.5 Å². The van der Waals surface area contributed by atoms with Crippen LogP contribution in [0.1, 0.15) is 26.2 Å². The third kappa shape index (κ3) is 3.90. The SMILES string of the molecule is COc1ccc(-c2noc(-c3cccn3CC(=O)N3CCCCC3C)n2)cc1OC. The summed E-state index contributed by atoms with van der Waals surface area (Å²) in [5, 5.41) is 4.10. The Balaban J connectivity index is 1.55. The first-order valence-electron chi connectivity index (χ1n) is 10.1. The normalized spacial score (nSPS) is 16.5. The number of benzene rings is 1. The van der Waals surface area contributed by atoms with E-state index in [1.807, 2.05) is 33.9 Å². The lowest BCUT2D eigenvalue weighted by Crippen LogP contribution is -2.43. The van der Waals surface area contributed by atoms with Crippen LogP contribution >= 0.6 is 0 Å². The number of ether oxygens (including phenoxy) is 2. The number of rotatable bonds is 6. The highest BCUT2D eigenvalue weighted by Crippen LogP contribution is 2.32. The van der Waals surface area contributed by atoms with Crippen LogP contribution in [0.2, 0.25) is 0 Å². The topological polar surface area (TPSA) is 82.6 Å². The molecule has 0 aliphatic carbocycles. The van der Waals surface area contributed by atoms with Gasteiger partial charge in [0, 0.05) is 24.3 Å². The van der Waals surface area contributed by atoms with E-state index in [-0.39, 0.29) is 18.5 Å². The van der Waals surface area contributed by atoms with Crippen molar-refractivity contribution in [3.63, 3.8) is 0 Å². The third-order valence-electron chi connectivity index (χ3n) is 5.55. The van der Waals surface area contributed by atoms with Crippen LogP contribution < -0.4 is 9.47 Å². The average Bonchev–Trinajstić information content (AvgIpc) is 3.43. The van der Waals surface area contributed by atoms with E-state index < -0.39 is 0 Å². The molecule has 1 aromatic carbocycles. The minimum absolute atomic E-state index is 0.110. The monoisotopic (exact) mass is 410 g/mol. The fraction of sp³-hybridized carbons (Fsp3) is 0.409. The summed E-state index contributed by atoms with van der Waals surface area (Å²) in [6.07, 6.45) is 5.17. The zero-order chi connectivity index (χ0) is 21.1. The van der Waals surface area contributed by atoms with Crippen molar-refractivity contribution in [3.8, 4) is 34.5 Å². The lowest BCUT2D eigenvalue weighted by molar-refractivity contribution is -0.135. The van der Waals surface area contributed by atoms with Crippen molar-refractivity contribution in [1.82, 2.24) is 19.6 Å². The molecule has 158 valence electrons. The van der Waals surface area contributed by atoms with Crippen molar-refractivity contribution >= 4 is 5.91 Å². The Morgan fingerprint density at radius 1 is 1.20 bits per heavy atom. The summed E-state index contributed by atoms with van der Waals surface area (Å²) in [5.41, 5.74) is 1.46. The van der Waals surface area contributed by atoms with Crippen molar-refractivity contribution in [1.29, 1.82) is 0 Å². The maximum atomic E-state index is 12.8. The molecule has 1 amide bonds. The number of aromatic nitrogens is 3. The van der Waals surface area contributed by atoms with Gasteiger partial charge >= 0.3 is 0 Å². The second kappa shape index (κ2) is 8.61. The predicted molar refractivity (Wildman–Crippen MR) is 111 cm³/mol. The van der Waals surface area contributed by atoms with Crippen LogP contribution in [0.5, 0.6) is 11.5 Å². The maximum Gasteiger partial charge on any atom is 0.274 e. The van der Waals surface area contributed by atoms with E-state index >= 15 is 0 Å². The van der Waals surface area contributed by atoms with Crippen molar-refractivity contribution < 1.29 is 18.8 Å². The summed E-state index contributed by atoms with van der Waals surface area (Å²) in [5.74, 6) is 2.13. The van der Waals surface area contributed by atoms with Gasteiger partial charge in [-0.2, -0.15) is 4.98 Å². The van der Waals surface area contributed by atoms with Crippen LogP contribution in [-0.2, 0) is 11.3 Å². The van der Waals surface area contributed by atoms with Gasteiger partial charge in [-0.1, -0.05) is 5.16 Å². The van der Waals surface area contributed by atoms with E-state index in [4.69, 9.17) is 14.0 Å². The minimum Gasteiger partial charge on any atom is -0.493 e. The van der Waals surface area contributed by atoms with Crippen molar-refractivity contribution in [2.75, 3.05) is 20.8 Å². The van der Waals surface area contributed by atoms with Gasteiger partial charge < -0.3 is 23.5 Å². The predicted octanol–water partition coefficient (Wildman–Crippen LogP) is 3.62. The fourth-order valence-electron chi connectivity index (χ4n) is 3.87. The van der Waals surface area contributed by atoms with Crippen molar-refractivity contribution in [3.05, 3.63) is 36.5 Å². The lowest BCUT2D eigenvalue weighted by atomic mass is 10.0. The molecule has 8 nitrogen and oxygen atoms in total. The molecule has 2 aromatic heterocycles. The highest BCUT2D eigenvalue weighted by molar-refractivity contribution is 5.77. The first kappa shape index (κ1) is 20.0. The van der Waals surface area contributed by atoms with Crippen LogP contribution in [0, 0.1) is 0 Å². The zero-order valence-corrected chi connectivity index (χ0v) is 17.5. The molecule has 0 N–H and O–H groups in total. The summed E-state index contributed by atoms with van der Waals surface area (Å²) in [6.45, 7) is 3.18. The van der Waals surface area contributed by atoms with Crippen molar-refractivity contribution in [2.45, 2.75) is 38.8 Å². The van der Waals surface area contributed by atoms with E-state index in [2.05, 4.69) is 17.1 Å². The van der Waals surface area contributed by atoms with Gasteiger partial charge in [0.15, 0.2) is 11.5 Å². The van der Waals surface area contributed by atoms with E-state index in [1.54, 1.807) is 26.4 Å². The van der Waals surface area contributed by atoms with Crippen LogP contribution in [0.15, 0.2) is 41.1 Å². The molecule has 1 atom stereocenters. The Labute approximate surface area is 175 Å². The molecule has 8 heteroatoms. The smallest absolute Gasteiger partial charge is 0.274 e. The largest absolute Gasteiger partial charge is 0.493 e. The van der Waals surface area contributed by atoms with E-state index in [1.165, 1.54) is 6.42 Å². The molecule has 1 aliphatic heterocycles. The highest BCUT2D eigenvalue weighted by atomic mass is 16.5. The van der Waals surface area contributed by atoms with Gasteiger partial charge in [0.1, 0.15) is 12.2 Å². The summed E-state index contributed by atoms with van der Waals surface area (Å²) in [4.78, 5) is 19.3. The second-order valence-corrected chi connectivity index (χ2v) is 7.45. The summed E-state index contributed by atoms with van der Waals surface area (Å²) < 4.78 is 18.0. The number of nitrogens with zero attached hydrogens (tertiary/aromatic N) is 4. The average molecular weight is 410 g/mol. The Morgan fingerprint density at radius 2 is 2.03 bits per heavy atom. The van der Waals surface area contributed by atoms with Crippen LogP contribution in [0.25, 0.3) is 23.0 Å². The molecular weight excluding hydrogens is 384 g/mol. The number of methoxy groups -OCH3 is 2. The molecule has 3 aromatic rings. The molecular formula is C22H26N4O4. The molecule has 1 unspecified atom stereocenters. The second-order valence-electron chi connectivity index (χ2n) is 7.45. The van der Waals surface area contributed by atoms with Gasteiger partial charge in [-0.3, -0.25) is 4.79 Å². The number of hydrogen-bond donors (Lipinski definition) is 0. The summed E-state index contributed by atoms with van der Waals surface area (Å²) in [6, 6.07) is 9.47. The molecule has 1 aliphatic rings. The number of carbonyl (C=O) groups is 1. The van der Waals surface area contributed by atoms with E-state index in [9.17, 15) is 4.79 Å². The fourth-order valence-corrected chi connectivity index (χ4v) is 3.87. The van der Waals surface area contributed by atoms with E-state index in [0.717, 1.165) is 24.9 Å². The molecule has 1 saturated heterocycles. The van der Waals surface area contributed by atoms with Gasteiger partial charge in [-0.25, -0.2) is 0 Å². The molecule has 1 fully saturated rings. The van der Waals surface area contributed by atoms with Gasteiger partial charge in [0.05, 0.1) is 14.2 Å². The summed E-state index contributed by atoms with van der Waals surface area (Å²) >= 11 is 0. The molecule has 0 saturated carbocycles. The van der Waals surface area contributed by atoms with Crippen LogP contribution in [0.4, 0.5) is 0 Å². The quantitative estimate of drug-likeness (QED) is 0.617. The summed E-state index contributed by atoms with van der Waals surface area (Å²) in [7, 11) is 3.17. The molecule has 0 bridgehead atoms. The number of hydrogen-bond acceptors (Lipinski definition) is 6. The van der Waals surface area contributed by atoms with Crippen LogP contribution in [-0.4, -0.2) is 52.3 Å². The Morgan fingerprint density at radius 3 is 2.80 bits per heavy atom. The van der Waals surface area contributed by atoms with Crippen LogP contribution in [0.3, 0.4) is 0 Å². The molecule has 3 heterocycles. The van der Waals surface area contributed by atoms with Gasteiger partial charge in [0.25, 0.3) is 5.89 Å². The van der Waals surface area contributed by atoms with Gasteiger partial charge in [-0.15, -0.1) is 0 Å². The highest BCUT2D eigenvalue weighted by Gasteiger charge is 2.24. The van der Waals surface area contributed by atoms with Crippen molar-refractivity contribution in [2.24, 2.45) is 0 Å². The first-order valence-corrected chi connectivity index (χ1v) is 10.1. The number of piperidine rings is 1. The van der Waals surface area contributed by atoms with E-state index in [0.29, 0.717) is 28.9 Å². The molecule has 0 radical (unpaired) electrons. The lowest BCUT2D eigenvalue weighted by Gasteiger charge is -2.33. The Kier molecular flexibility index (Phi) is 5.74. The maximum absolute atomic E-state index is 12.8. The van der Waals surface area contributed by atoms with Gasteiger partial charge in [0.2, 0.25) is 11.7 Å². The molecule has 4 rings (SSSR count). The Bertz CT molecular complexity index is 1030. The number of amides is 1. The molecule has 0 spiro atoms. The number of likely N-dealkylation sites (tertiary alicyclic amines) is 1. The third-order valence-corrected chi connectivity index (χ3v) is 5.55. The Hall–Kier alpha value is -3.29. The first-order chi connectivity index (χ1) is 14.6. The zero-order valence-electron chi connectivity index (χ0n) is 17.5. The minimum atomic E-state index is 0.110.